The smallest absolute Gasteiger partial charge is 0.227 e. The van der Waals surface area contributed by atoms with E-state index in [1.54, 1.807) is 11.3 Å². The largest absolute Gasteiger partial charge is 0.332 e. The van der Waals surface area contributed by atoms with Gasteiger partial charge in [-0.1, -0.05) is 18.2 Å². The van der Waals surface area contributed by atoms with Crippen molar-refractivity contribution in [2.45, 2.75) is 32.0 Å². The van der Waals surface area contributed by atoms with E-state index in [0.717, 1.165) is 43.9 Å². The highest BCUT2D eigenvalue weighted by Gasteiger charge is 2.40. The zero-order valence-electron chi connectivity index (χ0n) is 15.6. The summed E-state index contributed by atoms with van der Waals surface area (Å²) in [4.78, 5) is 21.8. The molecule has 3 aromatic rings. The Hall–Kier alpha value is -2.51. The van der Waals surface area contributed by atoms with Crippen LogP contribution in [0.1, 0.15) is 24.1 Å². The molecular weight excluding hydrogens is 370 g/mol. The first-order valence-corrected chi connectivity index (χ1v) is 10.7. The fraction of sp³-hybridized carbons (Fsp3) is 0.381. The van der Waals surface area contributed by atoms with E-state index in [2.05, 4.69) is 38.2 Å². The lowest BCUT2D eigenvalue weighted by atomic mass is 9.94. The van der Waals surface area contributed by atoms with E-state index < -0.39 is 0 Å². The van der Waals surface area contributed by atoms with Crippen LogP contribution in [0.4, 0.5) is 0 Å². The van der Waals surface area contributed by atoms with Gasteiger partial charge in [0.05, 0.1) is 35.6 Å². The van der Waals surface area contributed by atoms with Crippen molar-refractivity contribution in [1.82, 2.24) is 24.6 Å². The molecule has 2 bridgehead atoms. The number of benzene rings is 1. The normalized spacial score (nSPS) is 22.6. The minimum absolute atomic E-state index is 0.0987. The Morgan fingerprint density at radius 2 is 2.00 bits per heavy atom. The molecular formula is C21H23N5OS. The number of hydrogen-bond donors (Lipinski definition) is 0. The van der Waals surface area contributed by atoms with Crippen molar-refractivity contribution in [3.05, 3.63) is 64.9 Å². The van der Waals surface area contributed by atoms with E-state index in [1.165, 1.54) is 5.56 Å². The van der Waals surface area contributed by atoms with Crippen LogP contribution in [-0.2, 0) is 17.9 Å². The summed E-state index contributed by atoms with van der Waals surface area (Å²) >= 11 is 1.59. The molecule has 5 heterocycles. The third-order valence-corrected chi connectivity index (χ3v) is 6.38. The lowest BCUT2D eigenvalue weighted by molar-refractivity contribution is -0.140. The van der Waals surface area contributed by atoms with Crippen LogP contribution in [0.5, 0.6) is 0 Å². The Labute approximate surface area is 168 Å². The number of thiazole rings is 1. The molecule has 0 radical (unpaired) electrons. The van der Waals surface area contributed by atoms with Crippen LogP contribution in [0.3, 0.4) is 0 Å². The zero-order valence-corrected chi connectivity index (χ0v) is 16.5. The zero-order chi connectivity index (χ0) is 18.9. The summed E-state index contributed by atoms with van der Waals surface area (Å²) in [7, 11) is 0. The van der Waals surface area contributed by atoms with Gasteiger partial charge in [0, 0.05) is 42.8 Å². The van der Waals surface area contributed by atoms with Gasteiger partial charge in [0.1, 0.15) is 0 Å². The average molecular weight is 394 g/mol. The fourth-order valence-corrected chi connectivity index (χ4v) is 4.93. The number of piperidine rings is 1. The maximum Gasteiger partial charge on any atom is 0.227 e. The summed E-state index contributed by atoms with van der Waals surface area (Å²) in [5, 5.41) is 6.56. The minimum Gasteiger partial charge on any atom is -0.332 e. The maximum atomic E-state index is 13.0. The van der Waals surface area contributed by atoms with Gasteiger partial charge in [0.25, 0.3) is 0 Å². The van der Waals surface area contributed by atoms with E-state index in [0.29, 0.717) is 12.5 Å². The Kier molecular flexibility index (Phi) is 4.70. The predicted octanol–water partition coefficient (Wildman–Crippen LogP) is 2.95. The third-order valence-electron chi connectivity index (χ3n) is 5.75. The van der Waals surface area contributed by atoms with Gasteiger partial charge in [0.2, 0.25) is 5.91 Å². The van der Waals surface area contributed by atoms with Crippen molar-refractivity contribution in [2.75, 3.05) is 13.1 Å². The Balaban J connectivity index is 1.30. The molecule has 3 fully saturated rings. The van der Waals surface area contributed by atoms with Crippen LogP contribution >= 0.6 is 11.3 Å². The SMILES string of the molecule is O=C1[C@H]2CC[C@H](CN(Cc3cnn(-c4ccccc4)c3)C2)N1Cc1cscn1. The molecule has 1 amide bonds. The van der Waals surface area contributed by atoms with E-state index in [1.807, 2.05) is 40.0 Å². The predicted molar refractivity (Wildman–Crippen MR) is 108 cm³/mol. The summed E-state index contributed by atoms with van der Waals surface area (Å²) in [5.74, 6) is 0.397. The topological polar surface area (TPSA) is 54.3 Å². The van der Waals surface area contributed by atoms with Crippen LogP contribution in [-0.4, -0.2) is 49.6 Å². The molecule has 0 unspecified atom stereocenters. The summed E-state index contributed by atoms with van der Waals surface area (Å²) in [6.07, 6.45) is 6.11. The quantitative estimate of drug-likeness (QED) is 0.669. The van der Waals surface area contributed by atoms with Crippen molar-refractivity contribution in [3.8, 4) is 5.69 Å². The standard InChI is InChI=1S/C21H23N5OS/c27-21-17-6-7-20(25(21)12-18-14-28-15-22-18)13-24(11-17)9-16-8-23-26(10-16)19-4-2-1-3-5-19/h1-5,8,10,14-15,17,20H,6-7,9,11-13H2/t17-,20+/m0/s1. The van der Waals surface area contributed by atoms with Crippen molar-refractivity contribution >= 4 is 17.2 Å². The minimum atomic E-state index is 0.0987. The Morgan fingerprint density at radius 1 is 1.11 bits per heavy atom. The molecule has 144 valence electrons. The molecule has 6 nitrogen and oxygen atoms in total. The molecule has 3 aliphatic rings. The van der Waals surface area contributed by atoms with Crippen LogP contribution in [0, 0.1) is 5.92 Å². The molecule has 2 atom stereocenters. The first-order valence-electron chi connectivity index (χ1n) is 9.75. The molecule has 0 aliphatic carbocycles. The van der Waals surface area contributed by atoms with E-state index in [9.17, 15) is 4.79 Å². The highest BCUT2D eigenvalue weighted by atomic mass is 32.1. The van der Waals surface area contributed by atoms with Gasteiger partial charge < -0.3 is 4.90 Å². The average Bonchev–Trinajstić information content (AvgIpc) is 3.33. The number of amides is 1. The van der Waals surface area contributed by atoms with Gasteiger partial charge in [-0.15, -0.1) is 11.3 Å². The Morgan fingerprint density at radius 3 is 2.82 bits per heavy atom. The van der Waals surface area contributed by atoms with Gasteiger partial charge in [-0.3, -0.25) is 9.69 Å². The lowest BCUT2D eigenvalue weighted by Gasteiger charge is -2.35. The second kappa shape index (κ2) is 7.48. The second-order valence-electron chi connectivity index (χ2n) is 7.70. The molecule has 2 aromatic heterocycles. The summed E-state index contributed by atoms with van der Waals surface area (Å²) < 4.78 is 1.92. The number of carbonyl (C=O) groups excluding carboxylic acids is 1. The van der Waals surface area contributed by atoms with Gasteiger partial charge in [-0.25, -0.2) is 9.67 Å². The third kappa shape index (κ3) is 3.47. The maximum absolute atomic E-state index is 13.0. The van der Waals surface area contributed by atoms with Crippen molar-refractivity contribution in [2.24, 2.45) is 5.92 Å². The summed E-state index contributed by atoms with van der Waals surface area (Å²) in [5.41, 5.74) is 5.09. The molecule has 0 spiro atoms. The monoisotopic (exact) mass is 393 g/mol. The van der Waals surface area contributed by atoms with E-state index >= 15 is 0 Å². The van der Waals surface area contributed by atoms with Gasteiger partial charge >= 0.3 is 0 Å². The first kappa shape index (κ1) is 17.6. The van der Waals surface area contributed by atoms with Crippen molar-refractivity contribution in [1.29, 1.82) is 0 Å². The van der Waals surface area contributed by atoms with Crippen LogP contribution in [0.2, 0.25) is 0 Å². The van der Waals surface area contributed by atoms with Gasteiger partial charge in [-0.2, -0.15) is 5.10 Å². The number of fused-ring (bicyclic) bond motifs is 4. The number of hydrogen-bond acceptors (Lipinski definition) is 5. The summed E-state index contributed by atoms with van der Waals surface area (Å²) in [6, 6.07) is 10.4. The number of nitrogens with zero attached hydrogens (tertiary/aromatic N) is 5. The molecule has 1 aromatic carbocycles. The number of aromatic nitrogens is 3. The molecule has 0 N–H and O–H groups in total. The van der Waals surface area contributed by atoms with E-state index in [-0.39, 0.29) is 12.0 Å². The highest BCUT2D eigenvalue weighted by molar-refractivity contribution is 7.07. The van der Waals surface area contributed by atoms with Gasteiger partial charge in [0.15, 0.2) is 0 Å². The molecule has 0 saturated carbocycles. The number of rotatable bonds is 5. The van der Waals surface area contributed by atoms with Crippen LogP contribution < -0.4 is 0 Å². The molecule has 28 heavy (non-hydrogen) atoms. The van der Waals surface area contributed by atoms with Crippen LogP contribution in [0.15, 0.2) is 53.6 Å². The fourth-order valence-electron chi connectivity index (χ4n) is 4.38. The number of carbonyl (C=O) groups is 1. The molecule has 7 heteroatoms. The van der Waals surface area contributed by atoms with Crippen molar-refractivity contribution in [3.63, 3.8) is 0 Å². The highest BCUT2D eigenvalue weighted by Crippen LogP contribution is 2.31. The number of para-hydroxylation sites is 1. The Bertz CT molecular complexity index is 939. The first-order chi connectivity index (χ1) is 13.8. The van der Waals surface area contributed by atoms with Crippen molar-refractivity contribution < 1.29 is 4.79 Å². The summed E-state index contributed by atoms with van der Waals surface area (Å²) in [6.45, 7) is 3.23. The molecule has 3 aliphatic heterocycles. The second-order valence-corrected chi connectivity index (χ2v) is 8.42. The van der Waals surface area contributed by atoms with Crippen LogP contribution in [0.25, 0.3) is 5.69 Å². The molecule has 6 rings (SSSR count). The lowest BCUT2D eigenvalue weighted by Crippen LogP contribution is -2.47. The van der Waals surface area contributed by atoms with E-state index in [4.69, 9.17) is 0 Å². The molecule has 3 saturated heterocycles. The van der Waals surface area contributed by atoms with Gasteiger partial charge in [-0.05, 0) is 25.0 Å².